The van der Waals surface area contributed by atoms with Gasteiger partial charge in [-0.2, -0.15) is 0 Å². The van der Waals surface area contributed by atoms with Gasteiger partial charge in [-0.25, -0.2) is 0 Å². The first-order valence-corrected chi connectivity index (χ1v) is 9.90. The Morgan fingerprint density at radius 3 is 2.62 bits per heavy atom. The molecule has 0 radical (unpaired) electrons. The molecule has 1 atom stereocenters. The number of rotatable bonds is 5. The van der Waals surface area contributed by atoms with E-state index in [1.165, 1.54) is 25.7 Å². The van der Waals surface area contributed by atoms with Crippen molar-refractivity contribution in [2.45, 2.75) is 43.4 Å². The zero-order valence-electron chi connectivity index (χ0n) is 13.9. The molecule has 0 aliphatic carbocycles. The number of hydrogen-bond donors (Lipinski definition) is 0. The number of thioether (sulfide) groups is 1. The SMILES string of the molecule is c1ccc(-n2c(SCC3CCCO3)nnc2N2CCCCC2)cc1. The normalized spacial score (nSPS) is 21.3. The predicted octanol–water partition coefficient (Wildman–Crippen LogP) is 3.53. The van der Waals surface area contributed by atoms with Crippen LogP contribution in [0.25, 0.3) is 5.69 Å². The number of ether oxygens (including phenoxy) is 1. The van der Waals surface area contributed by atoms with E-state index in [9.17, 15) is 0 Å². The van der Waals surface area contributed by atoms with Crippen molar-refractivity contribution in [3.63, 3.8) is 0 Å². The van der Waals surface area contributed by atoms with Crippen LogP contribution in [-0.2, 0) is 4.74 Å². The fourth-order valence-corrected chi connectivity index (χ4v) is 4.41. The summed E-state index contributed by atoms with van der Waals surface area (Å²) in [7, 11) is 0. The van der Waals surface area contributed by atoms with Gasteiger partial charge in [0.05, 0.1) is 11.8 Å². The van der Waals surface area contributed by atoms with E-state index in [4.69, 9.17) is 4.74 Å². The Labute approximate surface area is 147 Å². The van der Waals surface area contributed by atoms with E-state index >= 15 is 0 Å². The third-order valence-electron chi connectivity index (χ3n) is 4.69. The Balaban J connectivity index is 1.61. The molecule has 1 unspecified atom stereocenters. The molecule has 128 valence electrons. The monoisotopic (exact) mass is 344 g/mol. The minimum atomic E-state index is 0.356. The van der Waals surface area contributed by atoms with Gasteiger partial charge in [-0.3, -0.25) is 4.57 Å². The van der Waals surface area contributed by atoms with Crippen LogP contribution in [0, 0.1) is 0 Å². The lowest BCUT2D eigenvalue weighted by Gasteiger charge is -2.27. The number of nitrogens with zero attached hydrogens (tertiary/aromatic N) is 4. The fourth-order valence-electron chi connectivity index (χ4n) is 3.40. The molecule has 0 saturated carbocycles. The maximum absolute atomic E-state index is 5.75. The third kappa shape index (κ3) is 3.44. The van der Waals surface area contributed by atoms with Crippen LogP contribution in [0.4, 0.5) is 5.95 Å². The molecule has 24 heavy (non-hydrogen) atoms. The minimum absolute atomic E-state index is 0.356. The average Bonchev–Trinajstić information content (AvgIpc) is 3.31. The van der Waals surface area contributed by atoms with Gasteiger partial charge in [-0.05, 0) is 44.2 Å². The van der Waals surface area contributed by atoms with Gasteiger partial charge < -0.3 is 9.64 Å². The van der Waals surface area contributed by atoms with Crippen LogP contribution in [-0.4, -0.2) is 46.3 Å². The summed E-state index contributed by atoms with van der Waals surface area (Å²) in [6.45, 7) is 3.04. The standard InChI is InChI=1S/C18H24N4OS/c1-3-8-15(9-4-1)22-17(21-11-5-2-6-12-21)19-20-18(22)24-14-16-10-7-13-23-16/h1,3-4,8-9,16H,2,5-7,10-14H2. The number of benzene rings is 1. The van der Waals surface area contributed by atoms with Crippen molar-refractivity contribution < 1.29 is 4.74 Å². The first-order valence-electron chi connectivity index (χ1n) is 8.92. The number of hydrogen-bond acceptors (Lipinski definition) is 5. The maximum Gasteiger partial charge on any atom is 0.232 e. The molecular weight excluding hydrogens is 320 g/mol. The van der Waals surface area contributed by atoms with Crippen LogP contribution in [0.15, 0.2) is 35.5 Å². The van der Waals surface area contributed by atoms with Gasteiger partial charge in [0.1, 0.15) is 0 Å². The number of piperidine rings is 1. The van der Waals surface area contributed by atoms with E-state index in [-0.39, 0.29) is 0 Å². The highest BCUT2D eigenvalue weighted by Crippen LogP contribution is 2.30. The second-order valence-electron chi connectivity index (χ2n) is 6.45. The molecule has 2 saturated heterocycles. The minimum Gasteiger partial charge on any atom is -0.377 e. The van der Waals surface area contributed by atoms with Gasteiger partial charge in [0, 0.05) is 25.4 Å². The molecule has 0 amide bonds. The summed E-state index contributed by atoms with van der Waals surface area (Å²) >= 11 is 1.76. The smallest absolute Gasteiger partial charge is 0.232 e. The Morgan fingerprint density at radius 2 is 1.88 bits per heavy atom. The lowest BCUT2D eigenvalue weighted by Crippen LogP contribution is -2.31. The lowest BCUT2D eigenvalue weighted by molar-refractivity contribution is 0.129. The summed E-state index contributed by atoms with van der Waals surface area (Å²) in [5.41, 5.74) is 1.14. The van der Waals surface area contributed by atoms with E-state index in [0.29, 0.717) is 6.10 Å². The predicted molar refractivity (Wildman–Crippen MR) is 97.1 cm³/mol. The number of para-hydroxylation sites is 1. The van der Waals surface area contributed by atoms with Crippen LogP contribution >= 0.6 is 11.8 Å². The van der Waals surface area contributed by atoms with Crippen molar-refractivity contribution in [3.8, 4) is 5.69 Å². The van der Waals surface area contributed by atoms with Crippen molar-refractivity contribution in [3.05, 3.63) is 30.3 Å². The molecule has 2 fully saturated rings. The summed E-state index contributed by atoms with van der Waals surface area (Å²) in [5, 5.41) is 10.0. The summed E-state index contributed by atoms with van der Waals surface area (Å²) in [6, 6.07) is 10.5. The molecular formula is C18H24N4OS. The Morgan fingerprint density at radius 1 is 1.04 bits per heavy atom. The van der Waals surface area contributed by atoms with Gasteiger partial charge in [-0.15, -0.1) is 10.2 Å². The molecule has 2 aromatic rings. The molecule has 3 heterocycles. The molecule has 4 rings (SSSR count). The highest BCUT2D eigenvalue weighted by atomic mass is 32.2. The second-order valence-corrected chi connectivity index (χ2v) is 7.43. The number of aromatic nitrogens is 3. The van der Waals surface area contributed by atoms with E-state index in [0.717, 1.165) is 48.7 Å². The van der Waals surface area contributed by atoms with Crippen molar-refractivity contribution in [2.24, 2.45) is 0 Å². The Kier molecular flexibility index (Phi) is 5.04. The highest BCUT2D eigenvalue weighted by Gasteiger charge is 2.23. The van der Waals surface area contributed by atoms with E-state index in [2.05, 4.69) is 43.9 Å². The Bertz CT molecular complexity index is 648. The van der Waals surface area contributed by atoms with Crippen molar-refractivity contribution in [1.82, 2.24) is 14.8 Å². The molecule has 1 aromatic carbocycles. The zero-order valence-corrected chi connectivity index (χ0v) is 14.7. The van der Waals surface area contributed by atoms with Gasteiger partial charge in [-0.1, -0.05) is 30.0 Å². The van der Waals surface area contributed by atoms with E-state index in [1.54, 1.807) is 11.8 Å². The van der Waals surface area contributed by atoms with Gasteiger partial charge in [0.2, 0.25) is 5.95 Å². The van der Waals surface area contributed by atoms with E-state index in [1.807, 2.05) is 6.07 Å². The average molecular weight is 344 g/mol. The summed E-state index contributed by atoms with van der Waals surface area (Å²) < 4.78 is 7.97. The molecule has 1 aromatic heterocycles. The van der Waals surface area contributed by atoms with Gasteiger partial charge in [0.15, 0.2) is 5.16 Å². The molecule has 2 aliphatic rings. The quantitative estimate of drug-likeness (QED) is 0.776. The van der Waals surface area contributed by atoms with E-state index < -0.39 is 0 Å². The lowest BCUT2D eigenvalue weighted by atomic mass is 10.1. The first kappa shape index (κ1) is 16.0. The largest absolute Gasteiger partial charge is 0.377 e. The fraction of sp³-hybridized carbons (Fsp3) is 0.556. The summed E-state index contributed by atoms with van der Waals surface area (Å²) in [5.74, 6) is 1.93. The first-order chi connectivity index (χ1) is 11.9. The molecule has 6 heteroatoms. The van der Waals surface area contributed by atoms with Crippen LogP contribution in [0.2, 0.25) is 0 Å². The number of anilines is 1. The summed E-state index contributed by atoms with van der Waals surface area (Å²) in [6.07, 6.45) is 6.48. The summed E-state index contributed by atoms with van der Waals surface area (Å²) in [4.78, 5) is 2.37. The topological polar surface area (TPSA) is 43.2 Å². The van der Waals surface area contributed by atoms with Crippen molar-refractivity contribution in [1.29, 1.82) is 0 Å². The molecule has 5 nitrogen and oxygen atoms in total. The van der Waals surface area contributed by atoms with Gasteiger partial charge in [0.25, 0.3) is 0 Å². The van der Waals surface area contributed by atoms with Crippen LogP contribution in [0.3, 0.4) is 0 Å². The molecule has 0 spiro atoms. The van der Waals surface area contributed by atoms with Crippen LogP contribution in [0.5, 0.6) is 0 Å². The van der Waals surface area contributed by atoms with Crippen molar-refractivity contribution >= 4 is 17.7 Å². The second kappa shape index (κ2) is 7.57. The molecule has 2 aliphatic heterocycles. The molecule has 0 N–H and O–H groups in total. The van der Waals surface area contributed by atoms with Crippen LogP contribution < -0.4 is 4.90 Å². The van der Waals surface area contributed by atoms with Crippen molar-refractivity contribution in [2.75, 3.05) is 30.3 Å². The Hall–Kier alpha value is -1.53. The third-order valence-corrected chi connectivity index (χ3v) is 5.75. The maximum atomic E-state index is 5.75. The zero-order chi connectivity index (χ0) is 16.2. The van der Waals surface area contributed by atoms with Gasteiger partial charge >= 0.3 is 0 Å². The van der Waals surface area contributed by atoms with Crippen LogP contribution in [0.1, 0.15) is 32.1 Å². The highest BCUT2D eigenvalue weighted by molar-refractivity contribution is 7.99. The molecule has 0 bridgehead atoms.